The molecule has 1 fully saturated rings. The van der Waals surface area contributed by atoms with Gasteiger partial charge in [-0.15, -0.1) is 0 Å². The summed E-state index contributed by atoms with van der Waals surface area (Å²) < 4.78 is 54.3. The second kappa shape index (κ2) is 8.11. The van der Waals surface area contributed by atoms with Crippen LogP contribution in [0.25, 0.3) is 0 Å². The van der Waals surface area contributed by atoms with Gasteiger partial charge in [0.05, 0.1) is 17.1 Å². The number of hydrogen-bond acceptors (Lipinski definition) is 5. The quantitative estimate of drug-likeness (QED) is 0.755. The highest BCUT2D eigenvalue weighted by molar-refractivity contribution is 7.89. The van der Waals surface area contributed by atoms with Crippen LogP contribution in [-0.4, -0.2) is 61.8 Å². The molecule has 2 aromatic rings. The van der Waals surface area contributed by atoms with Crippen molar-refractivity contribution in [3.8, 4) is 0 Å². The number of benzene rings is 1. The minimum absolute atomic E-state index is 0.0984. The summed E-state index contributed by atoms with van der Waals surface area (Å²) in [5.41, 5.74) is 1.49. The van der Waals surface area contributed by atoms with E-state index < -0.39 is 20.0 Å². The van der Waals surface area contributed by atoms with Crippen LogP contribution in [-0.2, 0) is 25.8 Å². The highest BCUT2D eigenvalue weighted by Crippen LogP contribution is 2.24. The van der Waals surface area contributed by atoms with Crippen LogP contribution in [0.3, 0.4) is 0 Å². The van der Waals surface area contributed by atoms with Crippen LogP contribution in [0.4, 0.5) is 0 Å². The Morgan fingerprint density at radius 3 is 2.39 bits per heavy atom. The maximum absolute atomic E-state index is 13.0. The zero-order chi connectivity index (χ0) is 20.5. The molecule has 28 heavy (non-hydrogen) atoms. The summed E-state index contributed by atoms with van der Waals surface area (Å²) in [6.45, 7) is 4.04. The number of aryl methyl sites for hydroxylation is 2. The lowest BCUT2D eigenvalue weighted by molar-refractivity contribution is 0.404. The molecule has 1 aliphatic rings. The summed E-state index contributed by atoms with van der Waals surface area (Å²) in [7, 11) is -7.32. The summed E-state index contributed by atoms with van der Waals surface area (Å²) in [5.74, 6) is -0.166. The molecule has 3 rings (SSSR count). The summed E-state index contributed by atoms with van der Waals surface area (Å²) in [4.78, 5) is 0.169. The van der Waals surface area contributed by atoms with E-state index in [9.17, 15) is 16.8 Å². The van der Waals surface area contributed by atoms with Gasteiger partial charge >= 0.3 is 0 Å². The zero-order valence-corrected chi connectivity index (χ0v) is 18.1. The molecular formula is C17H23ClN4O4S2. The van der Waals surface area contributed by atoms with Crippen molar-refractivity contribution in [1.82, 2.24) is 18.8 Å². The Balaban J connectivity index is 1.76. The van der Waals surface area contributed by atoms with Crippen molar-refractivity contribution in [3.63, 3.8) is 0 Å². The van der Waals surface area contributed by atoms with Crippen LogP contribution in [0, 0.1) is 13.8 Å². The lowest BCUT2D eigenvalue weighted by atomic mass is 10.2. The fourth-order valence-corrected chi connectivity index (χ4v) is 6.93. The Labute approximate surface area is 170 Å². The molecule has 0 atom stereocenters. The largest absolute Gasteiger partial charge is 0.281 e. The molecule has 0 unspecified atom stereocenters. The molecule has 0 aliphatic carbocycles. The van der Waals surface area contributed by atoms with Gasteiger partial charge in [0, 0.05) is 31.2 Å². The first-order valence-corrected chi connectivity index (χ1v) is 12.3. The van der Waals surface area contributed by atoms with E-state index >= 15 is 0 Å². The fraction of sp³-hybridized carbons (Fsp3) is 0.471. The maximum Gasteiger partial charge on any atom is 0.246 e. The fourth-order valence-electron chi connectivity index (χ4n) is 3.37. The second-order valence-corrected chi connectivity index (χ2v) is 11.1. The van der Waals surface area contributed by atoms with E-state index in [2.05, 4.69) is 10.2 Å². The molecule has 1 aliphatic heterocycles. The van der Waals surface area contributed by atoms with Crippen molar-refractivity contribution in [3.05, 3.63) is 46.2 Å². The van der Waals surface area contributed by atoms with Crippen LogP contribution in [0.15, 0.2) is 29.2 Å². The minimum atomic E-state index is -3.74. The highest BCUT2D eigenvalue weighted by atomic mass is 35.5. The van der Waals surface area contributed by atoms with E-state index in [0.717, 1.165) is 0 Å². The van der Waals surface area contributed by atoms with E-state index in [-0.39, 0.29) is 36.8 Å². The van der Waals surface area contributed by atoms with Crippen molar-refractivity contribution < 1.29 is 16.8 Å². The highest BCUT2D eigenvalue weighted by Gasteiger charge is 2.33. The van der Waals surface area contributed by atoms with E-state index in [1.807, 2.05) is 0 Å². The van der Waals surface area contributed by atoms with Gasteiger partial charge in [-0.3, -0.25) is 5.10 Å². The third kappa shape index (κ3) is 4.41. The number of nitrogens with zero attached hydrogens (tertiary/aromatic N) is 3. The van der Waals surface area contributed by atoms with Gasteiger partial charge < -0.3 is 0 Å². The zero-order valence-electron chi connectivity index (χ0n) is 15.7. The molecular weight excluding hydrogens is 424 g/mol. The number of nitrogens with one attached hydrogen (secondary N) is 1. The van der Waals surface area contributed by atoms with Crippen molar-refractivity contribution in [2.75, 3.05) is 26.2 Å². The second-order valence-electron chi connectivity index (χ2n) is 6.81. The van der Waals surface area contributed by atoms with Crippen LogP contribution in [0.2, 0.25) is 5.02 Å². The molecule has 0 bridgehead atoms. The maximum atomic E-state index is 13.0. The van der Waals surface area contributed by atoms with Crippen LogP contribution < -0.4 is 0 Å². The first kappa shape index (κ1) is 21.3. The van der Waals surface area contributed by atoms with Crippen LogP contribution in [0.1, 0.15) is 23.4 Å². The Morgan fingerprint density at radius 2 is 1.75 bits per heavy atom. The molecule has 0 amide bonds. The van der Waals surface area contributed by atoms with Gasteiger partial charge in [0.2, 0.25) is 20.0 Å². The summed E-state index contributed by atoms with van der Waals surface area (Å²) >= 11 is 5.94. The van der Waals surface area contributed by atoms with Gasteiger partial charge in [-0.05, 0) is 38.0 Å². The van der Waals surface area contributed by atoms with E-state index in [1.54, 1.807) is 38.1 Å². The number of sulfonamides is 2. The van der Waals surface area contributed by atoms with Crippen molar-refractivity contribution in [1.29, 1.82) is 0 Å². The summed E-state index contributed by atoms with van der Waals surface area (Å²) in [5, 5.41) is 7.13. The van der Waals surface area contributed by atoms with Gasteiger partial charge in [-0.25, -0.2) is 21.1 Å². The third-order valence-corrected chi connectivity index (χ3v) is 8.95. The van der Waals surface area contributed by atoms with E-state index in [4.69, 9.17) is 11.6 Å². The van der Waals surface area contributed by atoms with Gasteiger partial charge in [0.1, 0.15) is 4.90 Å². The predicted octanol–water partition coefficient (Wildman–Crippen LogP) is 1.91. The monoisotopic (exact) mass is 446 g/mol. The van der Waals surface area contributed by atoms with E-state index in [1.165, 1.54) is 8.61 Å². The van der Waals surface area contributed by atoms with E-state index in [0.29, 0.717) is 28.4 Å². The molecule has 0 radical (unpaired) electrons. The smallest absolute Gasteiger partial charge is 0.246 e. The van der Waals surface area contributed by atoms with Crippen molar-refractivity contribution >= 4 is 31.6 Å². The Bertz CT molecular complexity index is 1050. The van der Waals surface area contributed by atoms with Gasteiger partial charge in [-0.2, -0.15) is 9.40 Å². The molecule has 1 aromatic carbocycles. The van der Waals surface area contributed by atoms with Crippen molar-refractivity contribution in [2.45, 2.75) is 30.9 Å². The molecule has 8 nitrogen and oxygen atoms in total. The number of aromatic nitrogens is 2. The van der Waals surface area contributed by atoms with Crippen LogP contribution >= 0.6 is 11.6 Å². The molecule has 0 spiro atoms. The van der Waals surface area contributed by atoms with Gasteiger partial charge in [0.15, 0.2) is 0 Å². The first-order chi connectivity index (χ1) is 13.1. The first-order valence-electron chi connectivity index (χ1n) is 8.85. The predicted molar refractivity (Wildman–Crippen MR) is 107 cm³/mol. The normalized spacial score (nSPS) is 17.5. The standard InChI is InChI=1S/C17H23ClN4O4S2/c1-13-17(14(2)20-19-13)28(25,26)22-8-4-7-21(9-10-22)27(23,24)12-15-5-3-6-16(18)11-15/h3,5-6,11H,4,7-10,12H2,1-2H3,(H,19,20). The van der Waals surface area contributed by atoms with Crippen molar-refractivity contribution in [2.24, 2.45) is 0 Å². The SMILES string of the molecule is Cc1n[nH]c(C)c1S(=O)(=O)N1CCCN(S(=O)(=O)Cc2cccc(Cl)c2)CC1. The average molecular weight is 447 g/mol. The average Bonchev–Trinajstić information content (AvgIpc) is 2.82. The Morgan fingerprint density at radius 1 is 1.07 bits per heavy atom. The molecule has 0 saturated carbocycles. The lowest BCUT2D eigenvalue weighted by Crippen LogP contribution is -2.38. The summed E-state index contributed by atoms with van der Waals surface area (Å²) in [6.07, 6.45) is 0.421. The van der Waals surface area contributed by atoms with Crippen LogP contribution in [0.5, 0.6) is 0 Å². The molecule has 1 saturated heterocycles. The number of aromatic amines is 1. The van der Waals surface area contributed by atoms with Gasteiger partial charge in [-0.1, -0.05) is 23.7 Å². The molecule has 1 aromatic heterocycles. The molecule has 11 heteroatoms. The Hall–Kier alpha value is -1.46. The third-order valence-electron chi connectivity index (χ3n) is 4.70. The van der Waals surface area contributed by atoms with Gasteiger partial charge in [0.25, 0.3) is 0 Å². The molecule has 1 N–H and O–H groups in total. The topological polar surface area (TPSA) is 103 Å². The molecule has 2 heterocycles. The summed E-state index contributed by atoms with van der Waals surface area (Å²) in [6, 6.07) is 6.73. The molecule has 154 valence electrons. The number of hydrogen-bond donors (Lipinski definition) is 1. The minimum Gasteiger partial charge on any atom is -0.281 e. The number of H-pyrrole nitrogens is 1. The number of rotatable bonds is 5. The lowest BCUT2D eigenvalue weighted by Gasteiger charge is -2.22. The Kier molecular flexibility index (Phi) is 6.16. The number of halogens is 1.